The van der Waals surface area contributed by atoms with Crippen LogP contribution in [0.5, 0.6) is 0 Å². The molecule has 3 nitrogen and oxygen atoms in total. The zero-order valence-corrected chi connectivity index (χ0v) is 2.53. The van der Waals surface area contributed by atoms with Gasteiger partial charge in [-0.05, 0) is 0 Å². The Balaban J connectivity index is -0.0000000450. The Hall–Kier alpha value is 2.47. The van der Waals surface area contributed by atoms with Gasteiger partial charge in [-0.3, -0.25) is 9.11 Å². The summed E-state index contributed by atoms with van der Waals surface area (Å²) in [5.74, 6) is 0. The molecule has 2 N–H and O–H groups in total. The van der Waals surface area contributed by atoms with Crippen LogP contribution in [0.25, 0.3) is 0 Å². The first-order valence-corrected chi connectivity index (χ1v) is 1.60. The van der Waals surface area contributed by atoms with Crippen molar-refractivity contribution >= 4 is 85.8 Å². The van der Waals surface area contributed by atoms with E-state index in [1.54, 1.807) is 0 Å². The molecular weight excluding hydrogens is 143 g/mol. The third-order valence-corrected chi connectivity index (χ3v) is 0. The smallest absolute Gasteiger partial charge is 0.316 e. The predicted octanol–water partition coefficient (Wildman–Crippen LogP) is -1.88. The van der Waals surface area contributed by atoms with Crippen LogP contribution in [0.3, 0.4) is 0 Å². The molecule has 0 radical (unpaired) electrons. The number of rotatable bonds is 0. The van der Waals surface area contributed by atoms with E-state index in [0.717, 1.165) is 0 Å². The zero-order chi connectivity index (χ0) is 3.58. The van der Waals surface area contributed by atoms with Crippen LogP contribution in [0.1, 0.15) is 0 Å². The summed E-state index contributed by atoms with van der Waals surface area (Å²) in [5.41, 5.74) is 0. The Kier molecular flexibility index (Phi) is 27.5. The van der Waals surface area contributed by atoms with E-state index in [9.17, 15) is 0 Å². The van der Waals surface area contributed by atoms with Gasteiger partial charge in [0.2, 0.25) is 0 Å². The molecule has 0 aliphatic carbocycles. The molecule has 0 aliphatic heterocycles. The molecule has 32 valence electrons. The van der Waals surface area contributed by atoms with Gasteiger partial charge in [0, 0.05) is 0 Å². The average molecular weight is 149 g/mol. The van der Waals surface area contributed by atoms with Crippen LogP contribution < -0.4 is 0 Å². The molecule has 0 spiro atoms. The fourth-order valence-electron chi connectivity index (χ4n) is 0. The van der Waals surface area contributed by atoms with Gasteiger partial charge in [-0.2, -0.15) is 4.21 Å². The summed E-state index contributed by atoms with van der Waals surface area (Å²) in [4.78, 5) is 0. The van der Waals surface area contributed by atoms with Crippen LogP contribution in [-0.4, -0.2) is 87.8 Å². The fourth-order valence-corrected chi connectivity index (χ4v) is 0. The normalized spacial score (nSPS) is 5.83. The molecule has 0 rings (SSSR count). The van der Waals surface area contributed by atoms with Crippen molar-refractivity contribution in [1.82, 2.24) is 0 Å². The van der Waals surface area contributed by atoms with Gasteiger partial charge in [0.05, 0.1) is 0 Å². The Morgan fingerprint density at radius 1 is 1.33 bits per heavy atom. The third kappa shape index (κ3) is 31.7. The van der Waals surface area contributed by atoms with Gasteiger partial charge in [0.25, 0.3) is 11.4 Å². The quantitative estimate of drug-likeness (QED) is 0.312. The molecule has 0 saturated carbocycles. The standard InChI is InChI=1S/K.Mg.H2O3S.3H/c;;1-4(2)3;;;/h;;(H2,1,2,3);;;. The molecule has 0 amide bonds. The van der Waals surface area contributed by atoms with Crippen LogP contribution in [0.2, 0.25) is 0 Å². The monoisotopic (exact) mass is 148 g/mol. The second-order valence-corrected chi connectivity index (χ2v) is 0.692. The van der Waals surface area contributed by atoms with Gasteiger partial charge in [-0.15, -0.1) is 0 Å². The van der Waals surface area contributed by atoms with Crippen molar-refractivity contribution in [2.24, 2.45) is 0 Å². The van der Waals surface area contributed by atoms with E-state index in [0.29, 0.717) is 0 Å². The predicted molar refractivity (Wildman–Crippen MR) is 29.1 cm³/mol. The van der Waals surface area contributed by atoms with Crippen LogP contribution in [0.15, 0.2) is 0 Å². The summed E-state index contributed by atoms with van der Waals surface area (Å²) >= 11 is -2.61. The van der Waals surface area contributed by atoms with E-state index in [-0.39, 0.29) is 74.4 Å². The van der Waals surface area contributed by atoms with Gasteiger partial charge in [0.15, 0.2) is 0 Å². The Labute approximate surface area is 96.9 Å². The van der Waals surface area contributed by atoms with Gasteiger partial charge < -0.3 is 0 Å². The minimum Gasteiger partial charge on any atom is 0.316 e. The second kappa shape index (κ2) is 10.5. The first kappa shape index (κ1) is 15.8. The number of hydrogen-bond acceptors (Lipinski definition) is 1. The topological polar surface area (TPSA) is 57.5 Å². The van der Waals surface area contributed by atoms with Crippen molar-refractivity contribution in [3.05, 3.63) is 0 Å². The summed E-state index contributed by atoms with van der Waals surface area (Å²) in [7, 11) is 0. The Morgan fingerprint density at radius 2 is 1.33 bits per heavy atom. The molecule has 0 unspecified atom stereocenters. The van der Waals surface area contributed by atoms with E-state index < -0.39 is 11.4 Å². The van der Waals surface area contributed by atoms with Gasteiger partial charge in [-0.25, -0.2) is 0 Å². The zero-order valence-electron chi connectivity index (χ0n) is 1.71. The third-order valence-electron chi connectivity index (χ3n) is 0. The minimum absolute atomic E-state index is 0. The maximum atomic E-state index is 8.67. The van der Waals surface area contributed by atoms with E-state index in [2.05, 4.69) is 0 Å². The van der Waals surface area contributed by atoms with E-state index >= 15 is 0 Å². The molecule has 0 bridgehead atoms. The molecule has 0 aromatic rings. The van der Waals surface area contributed by atoms with Crippen LogP contribution in [0.4, 0.5) is 0 Å². The largest absolute Gasteiger partial charge is 0.316 e. The van der Waals surface area contributed by atoms with Crippen LogP contribution >= 0.6 is 0 Å². The Morgan fingerprint density at radius 3 is 1.33 bits per heavy atom. The second-order valence-electron chi connectivity index (χ2n) is 0.231. The molecule has 0 atom stereocenters. The molecule has 0 aromatic carbocycles. The first-order chi connectivity index (χ1) is 1.73. The van der Waals surface area contributed by atoms with Crippen molar-refractivity contribution in [3.8, 4) is 0 Å². The van der Waals surface area contributed by atoms with Gasteiger partial charge in [-0.1, -0.05) is 0 Å². The van der Waals surface area contributed by atoms with E-state index in [4.69, 9.17) is 13.3 Å². The van der Waals surface area contributed by atoms with Crippen molar-refractivity contribution < 1.29 is 13.3 Å². The first-order valence-electron chi connectivity index (χ1n) is 0.532. The van der Waals surface area contributed by atoms with Crippen LogP contribution in [0, 0.1) is 0 Å². The molecule has 0 aliphatic rings. The maximum absolute atomic E-state index is 8.67. The number of hydrogen-bond donors (Lipinski definition) is 2. The summed E-state index contributed by atoms with van der Waals surface area (Å²) in [6.45, 7) is 0. The van der Waals surface area contributed by atoms with Crippen molar-refractivity contribution in [1.29, 1.82) is 0 Å². The molecule has 0 heterocycles. The summed E-state index contributed by atoms with van der Waals surface area (Å²) in [6, 6.07) is 0. The minimum atomic E-state index is -2.61. The van der Waals surface area contributed by atoms with Crippen molar-refractivity contribution in [2.45, 2.75) is 0 Å². The molecule has 6 heteroatoms. The Bertz CT molecular complexity index is 33.8. The van der Waals surface area contributed by atoms with Gasteiger partial charge in [0.1, 0.15) is 0 Å². The van der Waals surface area contributed by atoms with E-state index in [1.165, 1.54) is 0 Å². The molecule has 0 saturated heterocycles. The molecule has 6 heavy (non-hydrogen) atoms. The van der Waals surface area contributed by atoms with Crippen molar-refractivity contribution in [3.63, 3.8) is 0 Å². The molecular formula is H5KMgO3S. The fraction of sp³-hybridized carbons (Fsp3) is 0. The van der Waals surface area contributed by atoms with Gasteiger partial charge >= 0.3 is 74.4 Å². The van der Waals surface area contributed by atoms with E-state index in [1.807, 2.05) is 0 Å². The van der Waals surface area contributed by atoms with Crippen molar-refractivity contribution in [2.75, 3.05) is 0 Å². The summed E-state index contributed by atoms with van der Waals surface area (Å²) in [5, 5.41) is 0. The van der Waals surface area contributed by atoms with Crippen LogP contribution in [-0.2, 0) is 11.4 Å². The maximum Gasteiger partial charge on any atom is 0.316 e. The molecule has 0 fully saturated rings. The summed E-state index contributed by atoms with van der Waals surface area (Å²) < 4.78 is 22.8. The molecule has 0 aromatic heterocycles. The SMILES string of the molecule is O=S(O)O.[KH].[MgH2]. The summed E-state index contributed by atoms with van der Waals surface area (Å²) in [6.07, 6.45) is 0. The average Bonchev–Trinajstić information content (AvgIpc) is 0.811.